The zero-order valence-corrected chi connectivity index (χ0v) is 8.99. The summed E-state index contributed by atoms with van der Waals surface area (Å²) in [6.45, 7) is 2.69. The molecule has 3 rings (SSSR count). The van der Waals surface area contributed by atoms with E-state index in [1.165, 1.54) is 51.6 Å². The van der Waals surface area contributed by atoms with Crippen LogP contribution in [0.15, 0.2) is 0 Å². The van der Waals surface area contributed by atoms with Crippen LogP contribution in [0.3, 0.4) is 0 Å². The van der Waals surface area contributed by atoms with Gasteiger partial charge in [-0.2, -0.15) is 0 Å². The van der Waals surface area contributed by atoms with E-state index in [1.54, 1.807) is 0 Å². The molecule has 14 heavy (non-hydrogen) atoms. The standard InChI is InChI=1S/C12H22N2/c13-12-3-1-2-10(12)8-14-7-9-4-5-11(14)6-9/h9-12H,1-8,13H2. The second-order valence-corrected chi connectivity index (χ2v) is 5.64. The molecule has 1 saturated heterocycles. The van der Waals surface area contributed by atoms with Gasteiger partial charge >= 0.3 is 0 Å². The van der Waals surface area contributed by atoms with Crippen LogP contribution in [0.4, 0.5) is 0 Å². The predicted octanol–water partition coefficient (Wildman–Crippen LogP) is 1.60. The van der Waals surface area contributed by atoms with E-state index in [2.05, 4.69) is 4.90 Å². The summed E-state index contributed by atoms with van der Waals surface area (Å²) in [6, 6.07) is 1.45. The highest BCUT2D eigenvalue weighted by atomic mass is 15.2. The molecule has 2 nitrogen and oxygen atoms in total. The normalized spacial score (nSPS) is 47.8. The fraction of sp³-hybridized carbons (Fsp3) is 1.00. The molecule has 0 spiro atoms. The molecule has 1 heterocycles. The number of hydrogen-bond donors (Lipinski definition) is 1. The molecule has 2 N–H and O–H groups in total. The van der Waals surface area contributed by atoms with Crippen molar-refractivity contribution in [3.63, 3.8) is 0 Å². The highest BCUT2D eigenvalue weighted by Gasteiger charge is 2.39. The highest BCUT2D eigenvalue weighted by Crippen LogP contribution is 2.38. The molecule has 3 fully saturated rings. The van der Waals surface area contributed by atoms with Gasteiger partial charge in [-0.05, 0) is 43.9 Å². The van der Waals surface area contributed by atoms with E-state index in [0.717, 1.165) is 17.9 Å². The molecule has 2 bridgehead atoms. The summed E-state index contributed by atoms with van der Waals surface area (Å²) in [7, 11) is 0. The molecule has 0 aromatic heterocycles. The van der Waals surface area contributed by atoms with E-state index >= 15 is 0 Å². The number of nitrogens with two attached hydrogens (primary N) is 1. The van der Waals surface area contributed by atoms with Crippen molar-refractivity contribution in [3.8, 4) is 0 Å². The lowest BCUT2D eigenvalue weighted by atomic mass is 10.0. The topological polar surface area (TPSA) is 29.3 Å². The van der Waals surface area contributed by atoms with Crippen LogP contribution in [0, 0.1) is 11.8 Å². The molecule has 1 aliphatic heterocycles. The first-order chi connectivity index (χ1) is 6.83. The molecular formula is C12H22N2. The van der Waals surface area contributed by atoms with Crippen LogP contribution in [0.25, 0.3) is 0 Å². The number of fused-ring (bicyclic) bond motifs is 2. The highest BCUT2D eigenvalue weighted by molar-refractivity contribution is 4.94. The molecule has 2 aliphatic carbocycles. The number of hydrogen-bond acceptors (Lipinski definition) is 2. The lowest BCUT2D eigenvalue weighted by Crippen LogP contribution is -2.40. The second-order valence-electron chi connectivity index (χ2n) is 5.64. The number of rotatable bonds is 2. The summed E-state index contributed by atoms with van der Waals surface area (Å²) in [4.78, 5) is 2.74. The molecule has 2 saturated carbocycles. The Bertz CT molecular complexity index is 216. The van der Waals surface area contributed by atoms with Crippen LogP contribution < -0.4 is 5.73 Å². The zero-order chi connectivity index (χ0) is 9.54. The Morgan fingerprint density at radius 2 is 2.07 bits per heavy atom. The number of piperidine rings is 1. The first kappa shape index (κ1) is 9.17. The first-order valence-electron chi connectivity index (χ1n) is 6.32. The summed E-state index contributed by atoms with van der Waals surface area (Å²) in [5, 5.41) is 0. The molecule has 0 amide bonds. The SMILES string of the molecule is NC1CCCC1CN1CC2CCC1C2. The van der Waals surface area contributed by atoms with E-state index in [9.17, 15) is 0 Å². The number of nitrogens with zero attached hydrogens (tertiary/aromatic N) is 1. The third kappa shape index (κ3) is 1.49. The molecular weight excluding hydrogens is 172 g/mol. The van der Waals surface area contributed by atoms with Gasteiger partial charge in [-0.1, -0.05) is 6.42 Å². The maximum absolute atomic E-state index is 6.13. The van der Waals surface area contributed by atoms with Gasteiger partial charge in [0.2, 0.25) is 0 Å². The minimum atomic E-state index is 0.508. The third-order valence-corrected chi connectivity index (χ3v) is 4.71. The van der Waals surface area contributed by atoms with Crippen molar-refractivity contribution in [2.45, 2.75) is 50.6 Å². The van der Waals surface area contributed by atoms with Crippen LogP contribution >= 0.6 is 0 Å². The Kier molecular flexibility index (Phi) is 2.29. The molecule has 80 valence electrons. The fourth-order valence-electron chi connectivity index (χ4n) is 3.84. The second kappa shape index (κ2) is 3.49. The first-order valence-corrected chi connectivity index (χ1v) is 6.32. The average Bonchev–Trinajstić information content (AvgIpc) is 2.83. The smallest absolute Gasteiger partial charge is 0.00987 e. The Morgan fingerprint density at radius 3 is 2.64 bits per heavy atom. The van der Waals surface area contributed by atoms with E-state index < -0.39 is 0 Å². The van der Waals surface area contributed by atoms with Gasteiger partial charge in [0.15, 0.2) is 0 Å². The van der Waals surface area contributed by atoms with Crippen molar-refractivity contribution in [2.24, 2.45) is 17.6 Å². The quantitative estimate of drug-likeness (QED) is 0.723. The molecule has 4 atom stereocenters. The van der Waals surface area contributed by atoms with Crippen molar-refractivity contribution in [3.05, 3.63) is 0 Å². The van der Waals surface area contributed by atoms with Crippen LogP contribution in [0.2, 0.25) is 0 Å². The summed E-state index contributed by atoms with van der Waals surface area (Å²) in [5.74, 6) is 1.85. The number of likely N-dealkylation sites (tertiary alicyclic amines) is 1. The maximum Gasteiger partial charge on any atom is 0.00987 e. The van der Waals surface area contributed by atoms with E-state index in [-0.39, 0.29) is 0 Å². The van der Waals surface area contributed by atoms with Gasteiger partial charge < -0.3 is 5.73 Å². The van der Waals surface area contributed by atoms with Crippen LogP contribution in [-0.4, -0.2) is 30.1 Å². The van der Waals surface area contributed by atoms with Crippen LogP contribution in [-0.2, 0) is 0 Å². The van der Waals surface area contributed by atoms with Gasteiger partial charge in [0.25, 0.3) is 0 Å². The van der Waals surface area contributed by atoms with Gasteiger partial charge in [0, 0.05) is 25.2 Å². The largest absolute Gasteiger partial charge is 0.327 e. The Morgan fingerprint density at radius 1 is 1.14 bits per heavy atom. The van der Waals surface area contributed by atoms with E-state index in [0.29, 0.717) is 6.04 Å². The van der Waals surface area contributed by atoms with Gasteiger partial charge in [-0.3, -0.25) is 4.90 Å². The predicted molar refractivity (Wildman–Crippen MR) is 58.0 cm³/mol. The van der Waals surface area contributed by atoms with Crippen molar-refractivity contribution in [1.29, 1.82) is 0 Å². The van der Waals surface area contributed by atoms with E-state index in [1.807, 2.05) is 0 Å². The lowest BCUT2D eigenvalue weighted by Gasteiger charge is -2.30. The average molecular weight is 194 g/mol. The maximum atomic E-state index is 6.13. The summed E-state index contributed by atoms with van der Waals surface area (Å²) >= 11 is 0. The Labute approximate surface area is 86.8 Å². The van der Waals surface area contributed by atoms with Gasteiger partial charge in [0.1, 0.15) is 0 Å². The molecule has 0 aromatic carbocycles. The van der Waals surface area contributed by atoms with Crippen molar-refractivity contribution in [2.75, 3.05) is 13.1 Å². The van der Waals surface area contributed by atoms with E-state index in [4.69, 9.17) is 5.73 Å². The van der Waals surface area contributed by atoms with Gasteiger partial charge in [0.05, 0.1) is 0 Å². The minimum Gasteiger partial charge on any atom is -0.327 e. The Hall–Kier alpha value is -0.0800. The molecule has 3 aliphatic rings. The minimum absolute atomic E-state index is 0.508. The monoisotopic (exact) mass is 194 g/mol. The third-order valence-electron chi connectivity index (χ3n) is 4.71. The molecule has 0 aromatic rings. The van der Waals surface area contributed by atoms with Crippen LogP contribution in [0.5, 0.6) is 0 Å². The van der Waals surface area contributed by atoms with Crippen molar-refractivity contribution >= 4 is 0 Å². The van der Waals surface area contributed by atoms with Crippen LogP contribution in [0.1, 0.15) is 38.5 Å². The summed E-state index contributed by atoms with van der Waals surface area (Å²) in [6.07, 6.45) is 8.47. The van der Waals surface area contributed by atoms with Gasteiger partial charge in [-0.25, -0.2) is 0 Å². The zero-order valence-electron chi connectivity index (χ0n) is 8.99. The fourth-order valence-corrected chi connectivity index (χ4v) is 3.84. The molecule has 0 radical (unpaired) electrons. The lowest BCUT2D eigenvalue weighted by molar-refractivity contribution is 0.177. The van der Waals surface area contributed by atoms with Gasteiger partial charge in [-0.15, -0.1) is 0 Å². The van der Waals surface area contributed by atoms with Crippen molar-refractivity contribution < 1.29 is 0 Å². The summed E-state index contributed by atoms with van der Waals surface area (Å²) in [5.41, 5.74) is 6.13. The summed E-state index contributed by atoms with van der Waals surface area (Å²) < 4.78 is 0. The molecule has 2 heteroatoms. The van der Waals surface area contributed by atoms with Crippen molar-refractivity contribution in [1.82, 2.24) is 4.90 Å². The Balaban J connectivity index is 1.57. The molecule has 4 unspecified atom stereocenters.